The molecule has 2 aromatic rings. The fraction of sp³-hybridized carbons (Fsp3) is 0.350. The number of benzene rings is 2. The summed E-state index contributed by atoms with van der Waals surface area (Å²) in [5.74, 6) is 0.699. The molecule has 1 radical (unpaired) electrons. The van der Waals surface area contributed by atoms with E-state index in [4.69, 9.17) is 0 Å². The Labute approximate surface area is 135 Å². The maximum atomic E-state index is 14.0. The molecule has 2 rings (SSSR count). The molecule has 0 aliphatic carbocycles. The van der Waals surface area contributed by atoms with Crippen LogP contribution in [0.15, 0.2) is 48.5 Å². The summed E-state index contributed by atoms with van der Waals surface area (Å²) < 4.78 is 14.0. The Kier molecular flexibility index (Phi) is 5.29. The molecule has 0 saturated heterocycles. The lowest BCUT2D eigenvalue weighted by Crippen LogP contribution is -2.24. The van der Waals surface area contributed by atoms with Crippen LogP contribution in [0.25, 0.3) is 0 Å². The van der Waals surface area contributed by atoms with Gasteiger partial charge in [-0.05, 0) is 29.9 Å². The summed E-state index contributed by atoms with van der Waals surface area (Å²) in [6.07, 6.45) is 0.417. The van der Waals surface area contributed by atoms with E-state index in [0.717, 1.165) is 10.6 Å². The second kappa shape index (κ2) is 6.84. The molecular weight excluding hydrogens is 287 g/mol. The first-order valence-electron chi connectivity index (χ1n) is 7.99. The Balaban J connectivity index is 2.73. The van der Waals surface area contributed by atoms with Crippen LogP contribution in [0.1, 0.15) is 50.7 Å². The van der Waals surface area contributed by atoms with Crippen LogP contribution in [0.3, 0.4) is 0 Å². The van der Waals surface area contributed by atoms with E-state index in [1.165, 1.54) is 11.1 Å². The maximum absolute atomic E-state index is 14.0. The van der Waals surface area contributed by atoms with E-state index in [0.29, 0.717) is 18.0 Å². The molecule has 2 aromatic carbocycles. The summed E-state index contributed by atoms with van der Waals surface area (Å²) in [6, 6.07) is 16.3. The zero-order valence-corrected chi connectivity index (χ0v) is 14.9. The third kappa shape index (κ3) is 3.06. The molecule has 0 N–H and O–H groups in total. The van der Waals surface area contributed by atoms with Crippen molar-refractivity contribution in [2.24, 2.45) is 0 Å². The average Bonchev–Trinajstić information content (AvgIpc) is 2.54. The van der Waals surface area contributed by atoms with Crippen molar-refractivity contribution >= 4 is 17.8 Å². The van der Waals surface area contributed by atoms with E-state index in [-0.39, 0.29) is 0 Å². The van der Waals surface area contributed by atoms with Crippen molar-refractivity contribution in [1.82, 2.24) is 0 Å². The van der Waals surface area contributed by atoms with Crippen molar-refractivity contribution in [3.8, 4) is 0 Å². The van der Waals surface area contributed by atoms with Crippen LogP contribution in [-0.2, 0) is 4.57 Å². The smallest absolute Gasteiger partial charge is 0.143 e. The van der Waals surface area contributed by atoms with Gasteiger partial charge in [-0.1, -0.05) is 76.2 Å². The lowest BCUT2D eigenvalue weighted by molar-refractivity contribution is 0.588. The largest absolute Gasteiger partial charge is 0.314 e. The minimum absolute atomic E-state index is 0.349. The normalized spacial score (nSPS) is 12.1. The summed E-state index contributed by atoms with van der Waals surface area (Å²) in [7, 11) is -2.70. The zero-order chi connectivity index (χ0) is 16.3. The molecule has 2 heteroatoms. The van der Waals surface area contributed by atoms with Crippen LogP contribution in [0.2, 0.25) is 0 Å². The molecule has 0 atom stereocenters. The van der Waals surface area contributed by atoms with E-state index in [1.54, 1.807) is 0 Å². The van der Waals surface area contributed by atoms with Gasteiger partial charge in [0, 0.05) is 16.8 Å². The van der Waals surface area contributed by atoms with Crippen molar-refractivity contribution in [3.63, 3.8) is 0 Å². The highest BCUT2D eigenvalue weighted by molar-refractivity contribution is 7.79. The Morgan fingerprint density at radius 2 is 1.18 bits per heavy atom. The Morgan fingerprint density at radius 3 is 1.50 bits per heavy atom. The summed E-state index contributed by atoms with van der Waals surface area (Å²) in [4.78, 5) is 0. The summed E-state index contributed by atoms with van der Waals surface area (Å²) in [5.41, 5.74) is 2.35. The molecule has 0 aliphatic rings. The average molecular weight is 313 g/mol. The molecule has 0 aromatic heterocycles. The van der Waals surface area contributed by atoms with Gasteiger partial charge in [0.05, 0.1) is 0 Å². The fourth-order valence-corrected chi connectivity index (χ4v) is 5.87. The topological polar surface area (TPSA) is 17.1 Å². The number of hydrogen-bond donors (Lipinski definition) is 0. The predicted molar refractivity (Wildman–Crippen MR) is 98.2 cm³/mol. The van der Waals surface area contributed by atoms with Gasteiger partial charge in [0.2, 0.25) is 0 Å². The van der Waals surface area contributed by atoms with Gasteiger partial charge in [-0.15, -0.1) is 0 Å². The van der Waals surface area contributed by atoms with E-state index >= 15 is 0 Å². The summed E-state index contributed by atoms with van der Waals surface area (Å²) in [6.45, 7) is 12.7. The Hall–Kier alpha value is -1.33. The van der Waals surface area contributed by atoms with Crippen LogP contribution in [0, 0.1) is 6.92 Å². The lowest BCUT2D eigenvalue weighted by atomic mass is 10.0. The lowest BCUT2D eigenvalue weighted by Gasteiger charge is -2.25. The minimum atomic E-state index is -2.70. The molecule has 0 amide bonds. The first-order chi connectivity index (χ1) is 10.4. The van der Waals surface area contributed by atoms with Crippen molar-refractivity contribution in [2.45, 2.75) is 39.5 Å². The van der Waals surface area contributed by atoms with Gasteiger partial charge in [-0.2, -0.15) is 0 Å². The van der Waals surface area contributed by atoms with Crippen molar-refractivity contribution in [3.05, 3.63) is 66.6 Å². The molecule has 0 fully saturated rings. The van der Waals surface area contributed by atoms with E-state index in [9.17, 15) is 4.57 Å². The van der Waals surface area contributed by atoms with Gasteiger partial charge in [0.1, 0.15) is 7.14 Å². The molecule has 117 valence electrons. The van der Waals surface area contributed by atoms with Crippen molar-refractivity contribution in [1.29, 1.82) is 0 Å². The molecule has 0 unspecified atom stereocenters. The molecule has 0 saturated carbocycles. The summed E-state index contributed by atoms with van der Waals surface area (Å²) in [5, 5.41) is 1.96. The molecule has 0 heterocycles. The fourth-order valence-electron chi connectivity index (χ4n) is 2.98. The van der Waals surface area contributed by atoms with Crippen LogP contribution in [0.5, 0.6) is 0 Å². The van der Waals surface area contributed by atoms with Gasteiger partial charge in [0.15, 0.2) is 0 Å². The molecule has 0 aliphatic heterocycles. The van der Waals surface area contributed by atoms with Crippen LogP contribution in [0.4, 0.5) is 0 Å². The van der Waals surface area contributed by atoms with Gasteiger partial charge in [-0.3, -0.25) is 0 Å². The second-order valence-corrected chi connectivity index (χ2v) is 9.28. The monoisotopic (exact) mass is 313 g/mol. The highest BCUT2D eigenvalue weighted by Crippen LogP contribution is 2.46. The third-order valence-corrected chi connectivity index (χ3v) is 7.21. The third-order valence-electron chi connectivity index (χ3n) is 4.21. The zero-order valence-electron chi connectivity index (χ0n) is 14.0. The standard InChI is InChI=1S/C20H26OP/c1-6-22(21,19-13-9-7-11-17(19)15(2)3)20-14-10-8-12-18(20)16(4)5/h7-16H,1,6H2,2-5H3. The molecule has 1 nitrogen and oxygen atoms in total. The van der Waals surface area contributed by atoms with E-state index in [2.05, 4.69) is 46.8 Å². The highest BCUT2D eigenvalue weighted by atomic mass is 31.2. The van der Waals surface area contributed by atoms with Crippen molar-refractivity contribution in [2.75, 3.05) is 6.16 Å². The van der Waals surface area contributed by atoms with E-state index < -0.39 is 7.14 Å². The molecule has 0 spiro atoms. The Morgan fingerprint density at radius 1 is 0.818 bits per heavy atom. The van der Waals surface area contributed by atoms with E-state index in [1.807, 2.05) is 36.4 Å². The minimum Gasteiger partial charge on any atom is -0.314 e. The first kappa shape index (κ1) is 17.0. The quantitative estimate of drug-likeness (QED) is 0.703. The highest BCUT2D eigenvalue weighted by Gasteiger charge is 2.30. The van der Waals surface area contributed by atoms with Crippen LogP contribution in [-0.4, -0.2) is 6.16 Å². The number of hydrogen-bond acceptors (Lipinski definition) is 1. The predicted octanol–water partition coefficient (Wildman–Crippen LogP) is 5.08. The van der Waals surface area contributed by atoms with Gasteiger partial charge < -0.3 is 4.57 Å². The Bertz CT molecular complexity index is 630. The second-order valence-electron chi connectivity index (χ2n) is 6.39. The summed E-state index contributed by atoms with van der Waals surface area (Å²) >= 11 is 0. The molecule has 22 heavy (non-hydrogen) atoms. The van der Waals surface area contributed by atoms with Crippen molar-refractivity contribution < 1.29 is 4.57 Å². The molecular formula is C20H26OP. The molecule has 0 bridgehead atoms. The number of rotatable bonds is 5. The SMILES string of the molecule is [CH2]CP(=O)(c1ccccc1C(C)C)c1ccccc1C(C)C. The van der Waals surface area contributed by atoms with Gasteiger partial charge in [-0.25, -0.2) is 0 Å². The van der Waals surface area contributed by atoms with Crippen LogP contribution >= 0.6 is 7.14 Å². The van der Waals surface area contributed by atoms with Crippen LogP contribution < -0.4 is 10.6 Å². The first-order valence-corrected chi connectivity index (χ1v) is 9.88. The van der Waals surface area contributed by atoms with Gasteiger partial charge in [0.25, 0.3) is 0 Å². The maximum Gasteiger partial charge on any atom is 0.143 e. The van der Waals surface area contributed by atoms with Gasteiger partial charge >= 0.3 is 0 Å².